The standard InChI is InChI=1S/C13H26N2O2/c1-11-9-17-12(2)8-15(11)13(10-14)4-3-6-16-7-5-13/h11-12H,3-10,14H2,1-2H3. The van der Waals surface area contributed by atoms with Crippen molar-refractivity contribution in [2.75, 3.05) is 32.9 Å². The van der Waals surface area contributed by atoms with E-state index in [9.17, 15) is 0 Å². The second kappa shape index (κ2) is 5.65. The fourth-order valence-corrected chi connectivity index (χ4v) is 3.17. The molecule has 0 aromatic carbocycles. The number of ether oxygens (including phenoxy) is 2. The van der Waals surface area contributed by atoms with Crippen LogP contribution in [0.15, 0.2) is 0 Å². The molecule has 0 amide bonds. The molecular formula is C13H26N2O2. The molecule has 2 aliphatic rings. The van der Waals surface area contributed by atoms with Gasteiger partial charge in [-0.25, -0.2) is 0 Å². The Morgan fingerprint density at radius 1 is 1.29 bits per heavy atom. The third-order valence-electron chi connectivity index (χ3n) is 4.24. The first-order valence-corrected chi connectivity index (χ1v) is 6.84. The SMILES string of the molecule is CC1CN(C2(CN)CCCOCC2)C(C)CO1. The summed E-state index contributed by atoms with van der Waals surface area (Å²) in [5.41, 5.74) is 6.24. The van der Waals surface area contributed by atoms with Gasteiger partial charge < -0.3 is 15.2 Å². The minimum atomic E-state index is 0.133. The second-order valence-electron chi connectivity index (χ2n) is 5.54. The molecule has 4 heteroatoms. The molecule has 0 radical (unpaired) electrons. The predicted octanol–water partition coefficient (Wildman–Crippen LogP) is 0.994. The van der Waals surface area contributed by atoms with Crippen LogP contribution >= 0.6 is 0 Å². The van der Waals surface area contributed by atoms with Gasteiger partial charge in [0.1, 0.15) is 0 Å². The maximum atomic E-state index is 6.11. The molecule has 2 heterocycles. The third-order valence-corrected chi connectivity index (χ3v) is 4.24. The summed E-state index contributed by atoms with van der Waals surface area (Å²) in [5.74, 6) is 0. The van der Waals surface area contributed by atoms with Gasteiger partial charge in [0.2, 0.25) is 0 Å². The van der Waals surface area contributed by atoms with Gasteiger partial charge in [-0.05, 0) is 33.1 Å². The van der Waals surface area contributed by atoms with Crippen molar-refractivity contribution >= 4 is 0 Å². The summed E-state index contributed by atoms with van der Waals surface area (Å²) >= 11 is 0. The highest BCUT2D eigenvalue weighted by molar-refractivity contribution is 4.97. The molecule has 2 N–H and O–H groups in total. The molecule has 0 saturated carbocycles. The molecule has 2 fully saturated rings. The van der Waals surface area contributed by atoms with Crippen molar-refractivity contribution in [2.45, 2.75) is 50.8 Å². The van der Waals surface area contributed by atoms with Gasteiger partial charge >= 0.3 is 0 Å². The van der Waals surface area contributed by atoms with Crippen LogP contribution in [0.1, 0.15) is 33.1 Å². The topological polar surface area (TPSA) is 47.7 Å². The molecule has 4 nitrogen and oxygen atoms in total. The summed E-state index contributed by atoms with van der Waals surface area (Å²) < 4.78 is 11.3. The van der Waals surface area contributed by atoms with E-state index in [0.29, 0.717) is 12.1 Å². The number of nitrogens with zero attached hydrogens (tertiary/aromatic N) is 1. The lowest BCUT2D eigenvalue weighted by Crippen LogP contribution is -2.62. The van der Waals surface area contributed by atoms with Crippen molar-refractivity contribution in [3.05, 3.63) is 0 Å². The molecule has 2 aliphatic heterocycles. The maximum absolute atomic E-state index is 6.11. The van der Waals surface area contributed by atoms with E-state index in [4.69, 9.17) is 15.2 Å². The Labute approximate surface area is 104 Å². The van der Waals surface area contributed by atoms with Crippen LogP contribution in [0, 0.1) is 0 Å². The fourth-order valence-electron chi connectivity index (χ4n) is 3.17. The van der Waals surface area contributed by atoms with E-state index >= 15 is 0 Å². The van der Waals surface area contributed by atoms with Gasteiger partial charge in [-0.1, -0.05) is 0 Å². The number of hydrogen-bond acceptors (Lipinski definition) is 4. The molecule has 3 atom stereocenters. The van der Waals surface area contributed by atoms with E-state index in [1.165, 1.54) is 0 Å². The van der Waals surface area contributed by atoms with Crippen LogP contribution in [0.4, 0.5) is 0 Å². The lowest BCUT2D eigenvalue weighted by atomic mass is 9.86. The average molecular weight is 242 g/mol. The number of hydrogen-bond donors (Lipinski definition) is 1. The van der Waals surface area contributed by atoms with Crippen molar-refractivity contribution in [3.63, 3.8) is 0 Å². The predicted molar refractivity (Wildman–Crippen MR) is 68.0 cm³/mol. The Morgan fingerprint density at radius 3 is 2.88 bits per heavy atom. The zero-order valence-electron chi connectivity index (χ0n) is 11.2. The number of rotatable bonds is 2. The molecule has 0 aromatic heterocycles. The maximum Gasteiger partial charge on any atom is 0.0675 e. The fraction of sp³-hybridized carbons (Fsp3) is 1.00. The van der Waals surface area contributed by atoms with E-state index in [1.54, 1.807) is 0 Å². The molecule has 17 heavy (non-hydrogen) atoms. The first kappa shape index (κ1) is 13.3. The highest BCUT2D eigenvalue weighted by Crippen LogP contribution is 2.31. The molecular weight excluding hydrogens is 216 g/mol. The van der Waals surface area contributed by atoms with Gasteiger partial charge in [-0.2, -0.15) is 0 Å². The minimum absolute atomic E-state index is 0.133. The Hall–Kier alpha value is -0.160. The monoisotopic (exact) mass is 242 g/mol. The van der Waals surface area contributed by atoms with E-state index in [-0.39, 0.29) is 5.54 Å². The third kappa shape index (κ3) is 2.81. The molecule has 0 spiro atoms. The largest absolute Gasteiger partial charge is 0.381 e. The van der Waals surface area contributed by atoms with Gasteiger partial charge in [0.05, 0.1) is 12.7 Å². The molecule has 0 aromatic rings. The number of morpholine rings is 1. The van der Waals surface area contributed by atoms with Crippen LogP contribution < -0.4 is 5.73 Å². The summed E-state index contributed by atoms with van der Waals surface area (Å²) in [6.07, 6.45) is 3.65. The Morgan fingerprint density at radius 2 is 2.12 bits per heavy atom. The van der Waals surface area contributed by atoms with Gasteiger partial charge in [0.15, 0.2) is 0 Å². The van der Waals surface area contributed by atoms with Gasteiger partial charge in [-0.3, -0.25) is 4.90 Å². The molecule has 0 aliphatic carbocycles. The van der Waals surface area contributed by atoms with E-state index in [0.717, 1.165) is 52.2 Å². The molecule has 2 saturated heterocycles. The van der Waals surface area contributed by atoms with Crippen LogP contribution in [0.5, 0.6) is 0 Å². The normalized spacial score (nSPS) is 41.1. The van der Waals surface area contributed by atoms with Crippen LogP contribution in [0.2, 0.25) is 0 Å². The van der Waals surface area contributed by atoms with Crippen molar-refractivity contribution in [1.29, 1.82) is 0 Å². The average Bonchev–Trinajstić information content (AvgIpc) is 2.58. The van der Waals surface area contributed by atoms with Crippen molar-refractivity contribution in [2.24, 2.45) is 5.73 Å². The van der Waals surface area contributed by atoms with E-state index in [1.807, 2.05) is 0 Å². The molecule has 0 bridgehead atoms. The zero-order chi connectivity index (χ0) is 12.3. The second-order valence-corrected chi connectivity index (χ2v) is 5.54. The van der Waals surface area contributed by atoms with Gasteiger partial charge in [0, 0.05) is 37.9 Å². The van der Waals surface area contributed by atoms with Gasteiger partial charge in [-0.15, -0.1) is 0 Å². The minimum Gasteiger partial charge on any atom is -0.381 e. The Bertz CT molecular complexity index is 240. The lowest BCUT2D eigenvalue weighted by molar-refractivity contribution is -0.0970. The van der Waals surface area contributed by atoms with Gasteiger partial charge in [0.25, 0.3) is 0 Å². The molecule has 2 rings (SSSR count). The Balaban J connectivity index is 2.13. The summed E-state index contributed by atoms with van der Waals surface area (Å²) in [6.45, 7) is 8.67. The summed E-state index contributed by atoms with van der Waals surface area (Å²) in [5, 5.41) is 0. The Kier molecular flexibility index (Phi) is 4.42. The summed E-state index contributed by atoms with van der Waals surface area (Å²) in [6, 6.07) is 0.466. The van der Waals surface area contributed by atoms with E-state index in [2.05, 4.69) is 18.7 Å². The summed E-state index contributed by atoms with van der Waals surface area (Å²) in [4.78, 5) is 2.58. The van der Waals surface area contributed by atoms with Crippen LogP contribution in [-0.2, 0) is 9.47 Å². The van der Waals surface area contributed by atoms with E-state index < -0.39 is 0 Å². The molecule has 100 valence electrons. The smallest absolute Gasteiger partial charge is 0.0675 e. The number of nitrogens with two attached hydrogens (primary N) is 1. The quantitative estimate of drug-likeness (QED) is 0.784. The highest BCUT2D eigenvalue weighted by Gasteiger charge is 2.41. The zero-order valence-corrected chi connectivity index (χ0v) is 11.2. The van der Waals surface area contributed by atoms with Crippen molar-refractivity contribution in [1.82, 2.24) is 4.90 Å². The lowest BCUT2D eigenvalue weighted by Gasteiger charge is -2.49. The van der Waals surface area contributed by atoms with Crippen molar-refractivity contribution in [3.8, 4) is 0 Å². The first-order valence-electron chi connectivity index (χ1n) is 6.84. The van der Waals surface area contributed by atoms with Crippen molar-refractivity contribution < 1.29 is 9.47 Å². The first-order chi connectivity index (χ1) is 8.18. The van der Waals surface area contributed by atoms with Crippen LogP contribution in [0.3, 0.4) is 0 Å². The highest BCUT2D eigenvalue weighted by atomic mass is 16.5. The summed E-state index contributed by atoms with van der Waals surface area (Å²) in [7, 11) is 0. The van der Waals surface area contributed by atoms with Crippen LogP contribution in [0.25, 0.3) is 0 Å². The van der Waals surface area contributed by atoms with Crippen LogP contribution in [-0.4, -0.2) is 55.5 Å². The molecule has 3 unspecified atom stereocenters.